The van der Waals surface area contributed by atoms with E-state index >= 15 is 0 Å². The number of hydrogen-bond donors (Lipinski definition) is 3. The number of nitrogens with one attached hydrogen (secondary N) is 2. The van der Waals surface area contributed by atoms with Crippen molar-refractivity contribution in [3.63, 3.8) is 0 Å². The van der Waals surface area contributed by atoms with E-state index in [0.717, 1.165) is 29.5 Å². The van der Waals surface area contributed by atoms with Gasteiger partial charge < -0.3 is 14.8 Å². The summed E-state index contributed by atoms with van der Waals surface area (Å²) in [6.07, 6.45) is 6.58. The number of carbonyl (C=O) groups excluding carboxylic acids is 2. The van der Waals surface area contributed by atoms with Gasteiger partial charge in [0.05, 0.1) is 14.2 Å². The highest BCUT2D eigenvalue weighted by molar-refractivity contribution is 6.24. The lowest BCUT2D eigenvalue weighted by atomic mass is 10.00. The Kier molecular flexibility index (Phi) is 6.87. The molecule has 0 spiro atoms. The molecule has 156 valence electrons. The van der Waals surface area contributed by atoms with E-state index < -0.39 is 5.91 Å². The minimum absolute atomic E-state index is 0.143. The predicted octanol–water partition coefficient (Wildman–Crippen LogP) is 3.04. The van der Waals surface area contributed by atoms with Crippen LogP contribution in [0, 0.1) is 0 Å². The highest BCUT2D eigenvalue weighted by atomic mass is 16.5. The minimum atomic E-state index is -0.614. The van der Waals surface area contributed by atoms with Gasteiger partial charge in [0.2, 0.25) is 0 Å². The first-order valence-electron chi connectivity index (χ1n) is 9.51. The van der Waals surface area contributed by atoms with Gasteiger partial charge in [-0.25, -0.2) is 5.48 Å². The van der Waals surface area contributed by atoms with Crippen molar-refractivity contribution in [1.29, 1.82) is 0 Å². The van der Waals surface area contributed by atoms with Crippen LogP contribution in [0.1, 0.15) is 29.5 Å². The second kappa shape index (κ2) is 9.76. The van der Waals surface area contributed by atoms with Crippen LogP contribution in [0.2, 0.25) is 0 Å². The SMILES string of the molecule is COc1ccc(/C=C(/C(=O)NC2CC2)c2ccc(/C=C/C(=O)NO)cc2)cc1OC. The third kappa shape index (κ3) is 5.48. The predicted molar refractivity (Wildman–Crippen MR) is 114 cm³/mol. The average Bonchev–Trinajstić information content (AvgIpc) is 3.59. The zero-order valence-electron chi connectivity index (χ0n) is 16.8. The molecule has 0 aromatic heterocycles. The van der Waals surface area contributed by atoms with E-state index in [1.807, 2.05) is 30.3 Å². The largest absolute Gasteiger partial charge is 0.493 e. The van der Waals surface area contributed by atoms with Crippen molar-refractivity contribution in [1.82, 2.24) is 10.8 Å². The molecule has 7 nitrogen and oxygen atoms in total. The fraction of sp³-hybridized carbons (Fsp3) is 0.217. The smallest absolute Gasteiger partial charge is 0.267 e. The maximum Gasteiger partial charge on any atom is 0.267 e. The highest BCUT2D eigenvalue weighted by Crippen LogP contribution is 2.30. The van der Waals surface area contributed by atoms with Crippen molar-refractivity contribution in [3.8, 4) is 11.5 Å². The molecule has 2 aromatic rings. The maximum atomic E-state index is 12.9. The zero-order valence-corrected chi connectivity index (χ0v) is 16.8. The van der Waals surface area contributed by atoms with Crippen LogP contribution in [0.25, 0.3) is 17.7 Å². The number of carbonyl (C=O) groups is 2. The van der Waals surface area contributed by atoms with E-state index in [-0.39, 0.29) is 11.9 Å². The molecule has 1 saturated carbocycles. The fourth-order valence-corrected chi connectivity index (χ4v) is 2.86. The van der Waals surface area contributed by atoms with Crippen LogP contribution in [-0.4, -0.2) is 37.3 Å². The van der Waals surface area contributed by atoms with Crippen molar-refractivity contribution < 1.29 is 24.3 Å². The van der Waals surface area contributed by atoms with E-state index in [4.69, 9.17) is 14.7 Å². The van der Waals surface area contributed by atoms with Crippen molar-refractivity contribution in [2.75, 3.05) is 14.2 Å². The van der Waals surface area contributed by atoms with Gasteiger partial charge >= 0.3 is 0 Å². The van der Waals surface area contributed by atoms with Crippen molar-refractivity contribution in [2.24, 2.45) is 0 Å². The normalized spacial score (nSPS) is 13.8. The van der Waals surface area contributed by atoms with Gasteiger partial charge in [0, 0.05) is 17.7 Å². The van der Waals surface area contributed by atoms with Gasteiger partial charge in [-0.05, 0) is 53.8 Å². The van der Waals surface area contributed by atoms with Crippen LogP contribution in [0.3, 0.4) is 0 Å². The lowest BCUT2D eigenvalue weighted by Gasteiger charge is -2.11. The molecule has 0 bridgehead atoms. The fourth-order valence-electron chi connectivity index (χ4n) is 2.86. The quantitative estimate of drug-likeness (QED) is 0.270. The van der Waals surface area contributed by atoms with E-state index in [1.54, 1.807) is 44.0 Å². The standard InChI is InChI=1S/C23H24N2O5/c1-29-20-11-5-16(14-21(20)30-2)13-19(23(27)24-18-9-10-18)17-7-3-15(4-8-17)6-12-22(26)25-28/h3-8,11-14,18,28H,9-10H2,1-2H3,(H,24,27)(H,25,26)/b12-6+,19-13+. The molecule has 0 unspecified atom stereocenters. The molecule has 1 fully saturated rings. The topological polar surface area (TPSA) is 96.9 Å². The summed E-state index contributed by atoms with van der Waals surface area (Å²) in [5.74, 6) is 0.435. The van der Waals surface area contributed by atoms with Crippen LogP contribution in [0.15, 0.2) is 48.5 Å². The first-order chi connectivity index (χ1) is 14.5. The summed E-state index contributed by atoms with van der Waals surface area (Å²) in [6, 6.07) is 12.9. The Hall–Kier alpha value is -3.58. The van der Waals surface area contributed by atoms with Gasteiger partial charge in [0.1, 0.15) is 0 Å². The van der Waals surface area contributed by atoms with Crippen LogP contribution in [-0.2, 0) is 9.59 Å². The summed E-state index contributed by atoms with van der Waals surface area (Å²) in [6.45, 7) is 0. The van der Waals surface area contributed by atoms with Crippen molar-refractivity contribution >= 4 is 29.5 Å². The van der Waals surface area contributed by atoms with Gasteiger partial charge in [-0.3, -0.25) is 14.8 Å². The van der Waals surface area contributed by atoms with E-state index in [1.165, 1.54) is 6.08 Å². The molecule has 7 heteroatoms. The Morgan fingerprint density at radius 2 is 1.67 bits per heavy atom. The summed E-state index contributed by atoms with van der Waals surface area (Å²) in [5, 5.41) is 11.6. The number of ether oxygens (including phenoxy) is 2. The molecule has 0 aliphatic heterocycles. The first kappa shape index (κ1) is 21.1. The van der Waals surface area contributed by atoms with Crippen LogP contribution < -0.4 is 20.3 Å². The van der Waals surface area contributed by atoms with Crippen LogP contribution >= 0.6 is 0 Å². The first-order valence-corrected chi connectivity index (χ1v) is 9.51. The molecule has 2 aromatic carbocycles. The number of rotatable bonds is 8. The summed E-state index contributed by atoms with van der Waals surface area (Å²) in [5.41, 5.74) is 4.37. The summed E-state index contributed by atoms with van der Waals surface area (Å²) >= 11 is 0. The molecule has 0 saturated heterocycles. The molecule has 3 rings (SSSR count). The summed E-state index contributed by atoms with van der Waals surface area (Å²) < 4.78 is 10.6. The molecule has 30 heavy (non-hydrogen) atoms. The molecule has 0 radical (unpaired) electrons. The Morgan fingerprint density at radius 3 is 2.27 bits per heavy atom. The molecule has 0 atom stereocenters. The molecule has 0 heterocycles. The number of methoxy groups -OCH3 is 2. The molecule has 1 aliphatic rings. The molecular formula is C23H24N2O5. The average molecular weight is 408 g/mol. The van der Waals surface area contributed by atoms with Crippen LogP contribution in [0.4, 0.5) is 0 Å². The van der Waals surface area contributed by atoms with Crippen molar-refractivity contribution in [2.45, 2.75) is 18.9 Å². The van der Waals surface area contributed by atoms with Gasteiger partial charge in [-0.15, -0.1) is 0 Å². The van der Waals surface area contributed by atoms with E-state index in [9.17, 15) is 9.59 Å². The van der Waals surface area contributed by atoms with Gasteiger partial charge in [-0.1, -0.05) is 30.3 Å². The second-order valence-corrected chi connectivity index (χ2v) is 6.85. The monoisotopic (exact) mass is 408 g/mol. The van der Waals surface area contributed by atoms with Gasteiger partial charge in [-0.2, -0.15) is 0 Å². The number of amides is 2. The third-order valence-corrected chi connectivity index (χ3v) is 4.63. The lowest BCUT2D eigenvalue weighted by Crippen LogP contribution is -2.26. The highest BCUT2D eigenvalue weighted by Gasteiger charge is 2.25. The van der Waals surface area contributed by atoms with E-state index in [0.29, 0.717) is 17.1 Å². The number of hydrogen-bond acceptors (Lipinski definition) is 5. The molecular weight excluding hydrogens is 384 g/mol. The second-order valence-electron chi connectivity index (χ2n) is 6.85. The summed E-state index contributed by atoms with van der Waals surface area (Å²) in [4.78, 5) is 24.0. The number of benzene rings is 2. The summed E-state index contributed by atoms with van der Waals surface area (Å²) in [7, 11) is 3.14. The Balaban J connectivity index is 1.92. The maximum absolute atomic E-state index is 12.9. The van der Waals surface area contributed by atoms with Gasteiger partial charge in [0.15, 0.2) is 11.5 Å². The van der Waals surface area contributed by atoms with Crippen LogP contribution in [0.5, 0.6) is 11.5 Å². The Morgan fingerprint density at radius 1 is 1.00 bits per heavy atom. The van der Waals surface area contributed by atoms with Gasteiger partial charge in [0.25, 0.3) is 11.8 Å². The number of hydroxylamine groups is 1. The van der Waals surface area contributed by atoms with Crippen molar-refractivity contribution in [3.05, 3.63) is 65.2 Å². The minimum Gasteiger partial charge on any atom is -0.493 e. The Bertz CT molecular complexity index is 976. The Labute approximate surface area is 175 Å². The van der Waals surface area contributed by atoms with E-state index in [2.05, 4.69) is 5.32 Å². The molecule has 1 aliphatic carbocycles. The molecule has 3 N–H and O–H groups in total. The molecule has 2 amide bonds. The zero-order chi connectivity index (χ0) is 21.5. The lowest BCUT2D eigenvalue weighted by molar-refractivity contribution is -0.124. The third-order valence-electron chi connectivity index (χ3n) is 4.63.